The third-order valence-corrected chi connectivity index (χ3v) is 3.28. The Morgan fingerprint density at radius 2 is 2.22 bits per heavy atom. The van der Waals surface area contributed by atoms with Gasteiger partial charge in [-0.2, -0.15) is 0 Å². The Labute approximate surface area is 106 Å². The molecule has 0 aromatic carbocycles. The largest absolute Gasteiger partial charge is 0.373 e. The predicted octanol–water partition coefficient (Wildman–Crippen LogP) is 2.01. The Morgan fingerprint density at radius 1 is 1.33 bits per heavy atom. The van der Waals surface area contributed by atoms with Crippen LogP contribution >= 0.6 is 0 Å². The van der Waals surface area contributed by atoms with Crippen molar-refractivity contribution in [3.8, 4) is 0 Å². The van der Waals surface area contributed by atoms with E-state index in [1.54, 1.807) is 12.4 Å². The maximum Gasteiger partial charge on any atom is 0.180 e. The molecule has 5 nitrogen and oxygen atoms in total. The first kappa shape index (κ1) is 11.3. The normalized spacial score (nSPS) is 23.4. The topological polar surface area (TPSA) is 59.9 Å². The van der Waals surface area contributed by atoms with E-state index in [9.17, 15) is 0 Å². The number of nitrogens with zero attached hydrogens (tertiary/aromatic N) is 3. The number of nitrogens with one attached hydrogen (secondary N) is 1. The molecule has 5 heteroatoms. The number of ether oxygens (including phenoxy) is 1. The second-order valence-electron chi connectivity index (χ2n) is 4.85. The van der Waals surface area contributed by atoms with Crippen LogP contribution in [-0.2, 0) is 4.74 Å². The van der Waals surface area contributed by atoms with Gasteiger partial charge in [0.05, 0.1) is 5.60 Å². The van der Waals surface area contributed by atoms with E-state index in [1.165, 1.54) is 0 Å². The summed E-state index contributed by atoms with van der Waals surface area (Å²) in [6.07, 6.45) is 5.55. The third-order valence-electron chi connectivity index (χ3n) is 3.28. The smallest absolute Gasteiger partial charge is 0.180 e. The lowest BCUT2D eigenvalue weighted by atomic mass is 10.0. The van der Waals surface area contributed by atoms with Gasteiger partial charge in [0.15, 0.2) is 5.65 Å². The standard InChI is InChI=1S/C13H16N4O/c1-13(5-2-8-18-13)9-16-11-4-3-10-12(17-11)15-7-6-14-10/h3-4,6-7H,2,5,8-9H2,1H3,(H,15,16,17). The van der Waals surface area contributed by atoms with Crippen LogP contribution in [0.1, 0.15) is 19.8 Å². The minimum atomic E-state index is -0.0704. The fraction of sp³-hybridized carbons (Fsp3) is 0.462. The molecule has 1 saturated heterocycles. The number of anilines is 1. The van der Waals surface area contributed by atoms with Gasteiger partial charge in [-0.3, -0.25) is 4.98 Å². The quantitative estimate of drug-likeness (QED) is 0.895. The Morgan fingerprint density at radius 3 is 3.06 bits per heavy atom. The molecule has 18 heavy (non-hydrogen) atoms. The molecule has 2 aromatic heterocycles. The van der Waals surface area contributed by atoms with E-state index < -0.39 is 0 Å². The van der Waals surface area contributed by atoms with Crippen molar-refractivity contribution < 1.29 is 4.74 Å². The molecule has 1 aliphatic rings. The number of rotatable bonds is 3. The zero-order valence-corrected chi connectivity index (χ0v) is 10.4. The molecule has 3 rings (SSSR count). The summed E-state index contributed by atoms with van der Waals surface area (Å²) in [6, 6.07) is 3.85. The number of pyridine rings is 1. The molecule has 0 bridgehead atoms. The molecular formula is C13H16N4O. The van der Waals surface area contributed by atoms with Crippen LogP contribution < -0.4 is 5.32 Å². The van der Waals surface area contributed by atoms with Gasteiger partial charge in [0.25, 0.3) is 0 Å². The molecular weight excluding hydrogens is 228 g/mol. The SMILES string of the molecule is CC1(CNc2ccc3nccnc3n2)CCCO1. The maximum absolute atomic E-state index is 5.73. The highest BCUT2D eigenvalue weighted by atomic mass is 16.5. The van der Waals surface area contributed by atoms with Crippen LogP contribution in [0, 0.1) is 0 Å². The lowest BCUT2D eigenvalue weighted by molar-refractivity contribution is 0.0315. The van der Waals surface area contributed by atoms with Gasteiger partial charge in [0, 0.05) is 25.5 Å². The minimum Gasteiger partial charge on any atom is -0.373 e. The molecule has 0 radical (unpaired) electrons. The number of aromatic nitrogens is 3. The highest BCUT2D eigenvalue weighted by Gasteiger charge is 2.29. The molecule has 1 fully saturated rings. The second-order valence-corrected chi connectivity index (χ2v) is 4.85. The summed E-state index contributed by atoms with van der Waals surface area (Å²) in [4.78, 5) is 12.8. The first-order valence-corrected chi connectivity index (χ1v) is 6.21. The number of hydrogen-bond acceptors (Lipinski definition) is 5. The van der Waals surface area contributed by atoms with Crippen LogP contribution in [0.5, 0.6) is 0 Å². The molecule has 1 aliphatic heterocycles. The minimum absolute atomic E-state index is 0.0704. The van der Waals surface area contributed by atoms with Crippen LogP contribution in [-0.4, -0.2) is 33.7 Å². The van der Waals surface area contributed by atoms with Gasteiger partial charge in [-0.15, -0.1) is 0 Å². The molecule has 2 aromatic rings. The molecule has 0 aliphatic carbocycles. The molecule has 1 N–H and O–H groups in total. The third kappa shape index (κ3) is 2.26. The van der Waals surface area contributed by atoms with Crippen molar-refractivity contribution in [3.63, 3.8) is 0 Å². The van der Waals surface area contributed by atoms with Crippen molar-refractivity contribution in [2.45, 2.75) is 25.4 Å². The fourth-order valence-corrected chi connectivity index (χ4v) is 2.21. The summed E-state index contributed by atoms with van der Waals surface area (Å²) in [7, 11) is 0. The maximum atomic E-state index is 5.73. The monoisotopic (exact) mass is 244 g/mol. The van der Waals surface area contributed by atoms with Gasteiger partial charge >= 0.3 is 0 Å². The van der Waals surface area contributed by atoms with Crippen molar-refractivity contribution in [2.75, 3.05) is 18.5 Å². The zero-order chi connectivity index (χ0) is 12.4. The van der Waals surface area contributed by atoms with Crippen molar-refractivity contribution >= 4 is 17.0 Å². The summed E-state index contributed by atoms with van der Waals surface area (Å²) >= 11 is 0. The lowest BCUT2D eigenvalue weighted by Gasteiger charge is -2.23. The number of fused-ring (bicyclic) bond motifs is 1. The van der Waals surface area contributed by atoms with Crippen LogP contribution in [0.25, 0.3) is 11.2 Å². The van der Waals surface area contributed by atoms with Crippen LogP contribution in [0.2, 0.25) is 0 Å². The Bertz CT molecular complexity index is 551. The molecule has 0 saturated carbocycles. The van der Waals surface area contributed by atoms with Gasteiger partial charge < -0.3 is 10.1 Å². The molecule has 3 heterocycles. The van der Waals surface area contributed by atoms with Gasteiger partial charge in [0.2, 0.25) is 0 Å². The van der Waals surface area contributed by atoms with Gasteiger partial charge in [-0.25, -0.2) is 9.97 Å². The summed E-state index contributed by atoms with van der Waals surface area (Å²) in [6.45, 7) is 3.76. The van der Waals surface area contributed by atoms with Crippen LogP contribution in [0.4, 0.5) is 5.82 Å². The highest BCUT2D eigenvalue weighted by Crippen LogP contribution is 2.25. The molecule has 1 atom stereocenters. The Kier molecular flexibility index (Phi) is 2.83. The van der Waals surface area contributed by atoms with Crippen molar-refractivity contribution in [2.24, 2.45) is 0 Å². The molecule has 94 valence electrons. The van der Waals surface area contributed by atoms with E-state index in [4.69, 9.17) is 4.74 Å². The summed E-state index contributed by atoms with van der Waals surface area (Å²) < 4.78 is 5.73. The fourth-order valence-electron chi connectivity index (χ4n) is 2.21. The van der Waals surface area contributed by atoms with Gasteiger partial charge in [-0.1, -0.05) is 0 Å². The van der Waals surface area contributed by atoms with E-state index >= 15 is 0 Å². The number of hydrogen-bond donors (Lipinski definition) is 1. The first-order chi connectivity index (χ1) is 8.75. The highest BCUT2D eigenvalue weighted by molar-refractivity contribution is 5.71. The van der Waals surface area contributed by atoms with Crippen LogP contribution in [0.3, 0.4) is 0 Å². The van der Waals surface area contributed by atoms with E-state index in [2.05, 4.69) is 27.2 Å². The molecule has 0 spiro atoms. The Hall–Kier alpha value is -1.75. The van der Waals surface area contributed by atoms with Crippen molar-refractivity contribution in [3.05, 3.63) is 24.5 Å². The second kappa shape index (κ2) is 4.49. The summed E-state index contributed by atoms with van der Waals surface area (Å²) in [5.41, 5.74) is 1.41. The summed E-state index contributed by atoms with van der Waals surface area (Å²) in [5.74, 6) is 0.819. The molecule has 1 unspecified atom stereocenters. The average molecular weight is 244 g/mol. The van der Waals surface area contributed by atoms with Crippen LogP contribution in [0.15, 0.2) is 24.5 Å². The van der Waals surface area contributed by atoms with Gasteiger partial charge in [-0.05, 0) is 31.9 Å². The van der Waals surface area contributed by atoms with E-state index in [0.717, 1.165) is 37.3 Å². The van der Waals surface area contributed by atoms with Gasteiger partial charge in [0.1, 0.15) is 11.3 Å². The predicted molar refractivity (Wildman–Crippen MR) is 69.4 cm³/mol. The van der Waals surface area contributed by atoms with E-state index in [1.807, 2.05) is 12.1 Å². The molecule has 0 amide bonds. The summed E-state index contributed by atoms with van der Waals surface area (Å²) in [5, 5.41) is 3.32. The van der Waals surface area contributed by atoms with Crippen molar-refractivity contribution in [1.82, 2.24) is 15.0 Å². The first-order valence-electron chi connectivity index (χ1n) is 6.21. The van der Waals surface area contributed by atoms with Crippen molar-refractivity contribution in [1.29, 1.82) is 0 Å². The van der Waals surface area contributed by atoms with E-state index in [-0.39, 0.29) is 5.60 Å². The lowest BCUT2D eigenvalue weighted by Crippen LogP contribution is -2.32. The zero-order valence-electron chi connectivity index (χ0n) is 10.4. The average Bonchev–Trinajstić information content (AvgIpc) is 2.84. The van der Waals surface area contributed by atoms with E-state index in [0.29, 0.717) is 5.65 Å². The Balaban J connectivity index is 1.74.